The highest BCUT2D eigenvalue weighted by Gasteiger charge is 2.29. The standard InChI is InChI=1S/C22H20ClF2N3O3/c23-16-9-5-14(6-10-16)20-27-26-19(31-20)13-28(17-3-1-2-4-17)21(29)15-7-11-18(12-8-15)30-22(24)25/h5-12,17,22H,1-4,13H2. The summed E-state index contributed by atoms with van der Waals surface area (Å²) in [6.45, 7) is -2.75. The zero-order valence-corrected chi connectivity index (χ0v) is 17.3. The predicted molar refractivity (Wildman–Crippen MR) is 110 cm³/mol. The fourth-order valence-electron chi connectivity index (χ4n) is 3.70. The van der Waals surface area contributed by atoms with Crippen LogP contribution < -0.4 is 4.74 Å². The summed E-state index contributed by atoms with van der Waals surface area (Å²) in [7, 11) is 0. The van der Waals surface area contributed by atoms with E-state index in [4.69, 9.17) is 16.0 Å². The number of benzene rings is 2. The molecule has 0 saturated heterocycles. The molecule has 1 saturated carbocycles. The summed E-state index contributed by atoms with van der Waals surface area (Å²) in [5.41, 5.74) is 1.11. The van der Waals surface area contributed by atoms with Crippen molar-refractivity contribution in [1.29, 1.82) is 0 Å². The molecule has 1 aliphatic rings. The third-order valence-electron chi connectivity index (χ3n) is 5.22. The number of hydrogen-bond donors (Lipinski definition) is 0. The molecule has 1 aliphatic carbocycles. The molecule has 2 aromatic carbocycles. The molecule has 0 aliphatic heterocycles. The Bertz CT molecular complexity index is 1020. The molecule has 0 atom stereocenters. The van der Waals surface area contributed by atoms with Gasteiger partial charge < -0.3 is 14.1 Å². The van der Waals surface area contributed by atoms with Crippen LogP contribution in [0.1, 0.15) is 41.9 Å². The number of carbonyl (C=O) groups is 1. The van der Waals surface area contributed by atoms with E-state index in [0.717, 1.165) is 31.2 Å². The number of carbonyl (C=O) groups excluding carboxylic acids is 1. The first-order chi connectivity index (χ1) is 15.0. The van der Waals surface area contributed by atoms with Gasteiger partial charge >= 0.3 is 6.61 Å². The summed E-state index contributed by atoms with van der Waals surface area (Å²) in [5, 5.41) is 8.79. The lowest BCUT2D eigenvalue weighted by molar-refractivity contribution is -0.0498. The van der Waals surface area contributed by atoms with Crippen LogP contribution in [-0.2, 0) is 6.54 Å². The Balaban J connectivity index is 1.53. The molecule has 0 bridgehead atoms. The first kappa shape index (κ1) is 21.2. The molecule has 6 nitrogen and oxygen atoms in total. The fourth-order valence-corrected chi connectivity index (χ4v) is 3.83. The molecule has 31 heavy (non-hydrogen) atoms. The Morgan fingerprint density at radius 1 is 1.10 bits per heavy atom. The van der Waals surface area contributed by atoms with Crippen LogP contribution in [0.4, 0.5) is 8.78 Å². The van der Waals surface area contributed by atoms with Gasteiger partial charge in [-0.3, -0.25) is 4.79 Å². The molecule has 0 radical (unpaired) electrons. The number of aromatic nitrogens is 2. The van der Waals surface area contributed by atoms with Gasteiger partial charge in [0, 0.05) is 22.2 Å². The Hall–Kier alpha value is -3.00. The molecular formula is C22H20ClF2N3O3. The van der Waals surface area contributed by atoms with E-state index in [0.29, 0.717) is 22.4 Å². The minimum Gasteiger partial charge on any atom is -0.435 e. The van der Waals surface area contributed by atoms with Gasteiger partial charge in [-0.15, -0.1) is 10.2 Å². The summed E-state index contributed by atoms with van der Waals surface area (Å²) in [4.78, 5) is 14.9. The van der Waals surface area contributed by atoms with Crippen LogP contribution in [0.5, 0.6) is 5.75 Å². The third-order valence-corrected chi connectivity index (χ3v) is 5.47. The molecule has 1 aromatic heterocycles. The maximum absolute atomic E-state index is 13.2. The highest BCUT2D eigenvalue weighted by molar-refractivity contribution is 6.30. The topological polar surface area (TPSA) is 68.5 Å². The minimum atomic E-state index is -2.91. The number of amides is 1. The molecule has 4 rings (SSSR count). The van der Waals surface area contributed by atoms with Crippen LogP contribution in [-0.4, -0.2) is 33.7 Å². The second-order valence-electron chi connectivity index (χ2n) is 7.28. The zero-order chi connectivity index (χ0) is 21.8. The smallest absolute Gasteiger partial charge is 0.387 e. The highest BCUT2D eigenvalue weighted by atomic mass is 35.5. The van der Waals surface area contributed by atoms with Gasteiger partial charge in [-0.1, -0.05) is 24.4 Å². The Morgan fingerprint density at radius 2 is 1.77 bits per heavy atom. The predicted octanol–water partition coefficient (Wildman–Crippen LogP) is 5.58. The minimum absolute atomic E-state index is 0.00322. The number of hydrogen-bond acceptors (Lipinski definition) is 5. The van der Waals surface area contributed by atoms with Gasteiger partial charge in [0.2, 0.25) is 11.8 Å². The molecule has 0 N–H and O–H groups in total. The lowest BCUT2D eigenvalue weighted by Gasteiger charge is -2.27. The maximum Gasteiger partial charge on any atom is 0.387 e. The summed E-state index contributed by atoms with van der Waals surface area (Å²) >= 11 is 5.92. The molecular weight excluding hydrogens is 428 g/mol. The van der Waals surface area contributed by atoms with Crippen molar-refractivity contribution in [3.8, 4) is 17.2 Å². The van der Waals surface area contributed by atoms with Crippen molar-refractivity contribution in [2.45, 2.75) is 44.9 Å². The van der Waals surface area contributed by atoms with Crippen molar-refractivity contribution in [3.63, 3.8) is 0 Å². The second kappa shape index (κ2) is 9.43. The van der Waals surface area contributed by atoms with Crippen molar-refractivity contribution in [2.75, 3.05) is 0 Å². The number of halogens is 3. The first-order valence-electron chi connectivity index (χ1n) is 9.94. The van der Waals surface area contributed by atoms with E-state index in [9.17, 15) is 13.6 Å². The maximum atomic E-state index is 13.2. The number of ether oxygens (including phenoxy) is 1. The Kier molecular flexibility index (Phi) is 6.46. The lowest BCUT2D eigenvalue weighted by Crippen LogP contribution is -2.38. The average Bonchev–Trinajstić information content (AvgIpc) is 3.45. The summed E-state index contributed by atoms with van der Waals surface area (Å²) in [6, 6.07) is 12.8. The first-order valence-corrected chi connectivity index (χ1v) is 10.3. The molecule has 1 heterocycles. The second-order valence-corrected chi connectivity index (χ2v) is 7.72. The van der Waals surface area contributed by atoms with Crippen molar-refractivity contribution in [3.05, 3.63) is 65.0 Å². The number of nitrogens with zero attached hydrogens (tertiary/aromatic N) is 3. The van der Waals surface area contributed by atoms with Crippen molar-refractivity contribution < 1.29 is 22.7 Å². The van der Waals surface area contributed by atoms with Gasteiger partial charge in [0.25, 0.3) is 5.91 Å². The van der Waals surface area contributed by atoms with Gasteiger partial charge in [0.05, 0.1) is 6.54 Å². The molecule has 3 aromatic rings. The van der Waals surface area contributed by atoms with E-state index in [1.165, 1.54) is 24.3 Å². The highest BCUT2D eigenvalue weighted by Crippen LogP contribution is 2.28. The van der Waals surface area contributed by atoms with Gasteiger partial charge in [0.15, 0.2) is 0 Å². The van der Waals surface area contributed by atoms with Crippen molar-refractivity contribution >= 4 is 17.5 Å². The van der Waals surface area contributed by atoms with E-state index in [2.05, 4.69) is 14.9 Å². The quantitative estimate of drug-likeness (QED) is 0.473. The molecule has 9 heteroatoms. The van der Waals surface area contributed by atoms with E-state index in [1.807, 2.05) is 0 Å². The van der Waals surface area contributed by atoms with Gasteiger partial charge in [0.1, 0.15) is 5.75 Å². The normalized spacial score (nSPS) is 14.2. The monoisotopic (exact) mass is 447 g/mol. The van der Waals surface area contributed by atoms with Crippen LogP contribution in [0.15, 0.2) is 52.9 Å². The molecule has 1 amide bonds. The molecule has 0 spiro atoms. The van der Waals surface area contributed by atoms with Crippen LogP contribution in [0.25, 0.3) is 11.5 Å². The van der Waals surface area contributed by atoms with E-state index in [1.54, 1.807) is 29.2 Å². The largest absolute Gasteiger partial charge is 0.435 e. The fraction of sp³-hybridized carbons (Fsp3) is 0.318. The van der Waals surface area contributed by atoms with E-state index in [-0.39, 0.29) is 24.2 Å². The van der Waals surface area contributed by atoms with Gasteiger partial charge in [-0.05, 0) is 61.4 Å². The zero-order valence-electron chi connectivity index (χ0n) is 16.5. The van der Waals surface area contributed by atoms with Crippen LogP contribution in [0, 0.1) is 0 Å². The number of alkyl halides is 2. The van der Waals surface area contributed by atoms with Crippen LogP contribution >= 0.6 is 11.6 Å². The molecule has 162 valence electrons. The third kappa shape index (κ3) is 5.19. The van der Waals surface area contributed by atoms with Crippen LogP contribution in [0.3, 0.4) is 0 Å². The summed E-state index contributed by atoms with van der Waals surface area (Å²) < 4.78 is 34.9. The average molecular weight is 448 g/mol. The van der Waals surface area contributed by atoms with Crippen molar-refractivity contribution in [2.24, 2.45) is 0 Å². The van der Waals surface area contributed by atoms with Gasteiger partial charge in [-0.25, -0.2) is 0 Å². The van der Waals surface area contributed by atoms with E-state index >= 15 is 0 Å². The number of rotatable bonds is 7. The lowest BCUT2D eigenvalue weighted by atomic mass is 10.1. The Labute approximate surface area is 182 Å². The molecule has 1 fully saturated rings. The van der Waals surface area contributed by atoms with Gasteiger partial charge in [-0.2, -0.15) is 8.78 Å². The summed E-state index contributed by atoms with van der Waals surface area (Å²) in [6.07, 6.45) is 3.85. The molecule has 0 unspecified atom stereocenters. The van der Waals surface area contributed by atoms with Crippen molar-refractivity contribution in [1.82, 2.24) is 15.1 Å². The summed E-state index contributed by atoms with van der Waals surface area (Å²) in [5.74, 6) is 0.451. The van der Waals surface area contributed by atoms with Crippen LogP contribution in [0.2, 0.25) is 5.02 Å². The van der Waals surface area contributed by atoms with E-state index < -0.39 is 6.61 Å². The SMILES string of the molecule is O=C(c1ccc(OC(F)F)cc1)N(Cc1nnc(-c2ccc(Cl)cc2)o1)C1CCCC1. The Morgan fingerprint density at radius 3 is 2.42 bits per heavy atom.